The van der Waals surface area contributed by atoms with Crippen LogP contribution in [0.5, 0.6) is 5.75 Å². The van der Waals surface area contributed by atoms with Crippen LogP contribution in [0.2, 0.25) is 0 Å². The van der Waals surface area contributed by atoms with E-state index in [9.17, 15) is 18.0 Å². The van der Waals surface area contributed by atoms with Gasteiger partial charge in [0.2, 0.25) is 0 Å². The van der Waals surface area contributed by atoms with Crippen molar-refractivity contribution in [2.75, 3.05) is 20.2 Å². The first-order chi connectivity index (χ1) is 9.34. The van der Waals surface area contributed by atoms with Crippen molar-refractivity contribution in [1.29, 1.82) is 5.26 Å². The second-order valence-electron chi connectivity index (χ2n) is 4.04. The zero-order valence-corrected chi connectivity index (χ0v) is 10.8. The van der Waals surface area contributed by atoms with E-state index in [1.165, 1.54) is 24.1 Å². The van der Waals surface area contributed by atoms with Crippen LogP contribution in [0.4, 0.5) is 13.2 Å². The molecule has 0 radical (unpaired) electrons. The number of nitrogens with zero attached hydrogens (tertiary/aromatic N) is 2. The standard InChI is InChI=1S/C13H13F3N2O2/c1-18(7-3-6-17)12(19)9-20-11-5-2-4-10(8-11)13(14,15)16/h2,4-5,8H,3,7,9H2,1H3. The van der Waals surface area contributed by atoms with Crippen LogP contribution in [-0.2, 0) is 11.0 Å². The minimum absolute atomic E-state index is 0.0261. The summed E-state index contributed by atoms with van der Waals surface area (Å²) in [6.45, 7) is -0.121. The van der Waals surface area contributed by atoms with Crippen LogP contribution in [0.1, 0.15) is 12.0 Å². The van der Waals surface area contributed by atoms with Gasteiger partial charge in [0, 0.05) is 13.6 Å². The van der Waals surface area contributed by atoms with Crippen LogP contribution < -0.4 is 4.74 Å². The van der Waals surface area contributed by atoms with Crippen LogP contribution in [0, 0.1) is 11.3 Å². The van der Waals surface area contributed by atoms with E-state index in [0.29, 0.717) is 0 Å². The molecule has 0 saturated heterocycles. The maximum Gasteiger partial charge on any atom is 0.416 e. The van der Waals surface area contributed by atoms with Crippen LogP contribution in [0.15, 0.2) is 24.3 Å². The number of alkyl halides is 3. The molecule has 0 aliphatic rings. The maximum absolute atomic E-state index is 12.5. The van der Waals surface area contributed by atoms with Gasteiger partial charge in [-0.05, 0) is 18.2 Å². The highest BCUT2D eigenvalue weighted by Gasteiger charge is 2.30. The summed E-state index contributed by atoms with van der Waals surface area (Å²) in [7, 11) is 1.50. The van der Waals surface area contributed by atoms with E-state index in [4.69, 9.17) is 10.00 Å². The zero-order valence-electron chi connectivity index (χ0n) is 10.8. The monoisotopic (exact) mass is 286 g/mol. The minimum atomic E-state index is -4.45. The normalized spacial score (nSPS) is 10.8. The third kappa shape index (κ3) is 4.80. The molecule has 7 heteroatoms. The molecular formula is C13H13F3N2O2. The lowest BCUT2D eigenvalue weighted by Gasteiger charge is -2.16. The van der Waals surface area contributed by atoms with Gasteiger partial charge in [0.1, 0.15) is 5.75 Å². The van der Waals surface area contributed by atoms with Crippen molar-refractivity contribution in [1.82, 2.24) is 4.90 Å². The lowest BCUT2D eigenvalue weighted by Crippen LogP contribution is -2.32. The molecule has 0 N–H and O–H groups in total. The summed E-state index contributed by atoms with van der Waals surface area (Å²) in [5.74, 6) is -0.431. The largest absolute Gasteiger partial charge is 0.484 e. The van der Waals surface area contributed by atoms with Crippen LogP contribution in [0.25, 0.3) is 0 Å². The SMILES string of the molecule is CN(CCC#N)C(=O)COc1cccc(C(F)(F)F)c1. The molecule has 0 spiro atoms. The Morgan fingerprint density at radius 3 is 2.75 bits per heavy atom. The van der Waals surface area contributed by atoms with Gasteiger partial charge in [0.25, 0.3) is 5.91 Å². The summed E-state index contributed by atoms with van der Waals surface area (Å²) < 4.78 is 42.4. The highest BCUT2D eigenvalue weighted by molar-refractivity contribution is 5.77. The summed E-state index contributed by atoms with van der Waals surface area (Å²) in [4.78, 5) is 12.9. The number of amides is 1. The second-order valence-corrected chi connectivity index (χ2v) is 4.04. The first kappa shape index (κ1) is 15.8. The molecule has 0 aliphatic carbocycles. The van der Waals surface area contributed by atoms with Gasteiger partial charge in [0.15, 0.2) is 6.61 Å². The van der Waals surface area contributed by atoms with Crippen molar-refractivity contribution in [3.8, 4) is 11.8 Å². The van der Waals surface area contributed by atoms with Crippen LogP contribution >= 0.6 is 0 Å². The number of hydrogen-bond donors (Lipinski definition) is 0. The summed E-state index contributed by atoms with van der Waals surface area (Å²) in [6, 6.07) is 6.21. The molecule has 1 aromatic carbocycles. The molecule has 0 fully saturated rings. The number of ether oxygens (including phenoxy) is 1. The Labute approximate surface area is 114 Å². The second kappa shape index (κ2) is 6.80. The molecule has 0 atom stereocenters. The van der Waals surface area contributed by atoms with Crippen molar-refractivity contribution in [2.24, 2.45) is 0 Å². The van der Waals surface area contributed by atoms with E-state index in [0.717, 1.165) is 12.1 Å². The topological polar surface area (TPSA) is 53.3 Å². The van der Waals surface area contributed by atoms with E-state index < -0.39 is 17.6 Å². The van der Waals surface area contributed by atoms with Gasteiger partial charge in [-0.2, -0.15) is 18.4 Å². The third-order valence-corrected chi connectivity index (χ3v) is 2.51. The molecule has 0 aromatic heterocycles. The number of benzene rings is 1. The molecule has 1 aromatic rings. The average molecular weight is 286 g/mol. The lowest BCUT2D eigenvalue weighted by atomic mass is 10.2. The minimum Gasteiger partial charge on any atom is -0.484 e. The third-order valence-electron chi connectivity index (χ3n) is 2.51. The molecule has 0 aliphatic heterocycles. The van der Waals surface area contributed by atoms with E-state index in [-0.39, 0.29) is 25.3 Å². The number of hydrogen-bond acceptors (Lipinski definition) is 3. The molecular weight excluding hydrogens is 273 g/mol. The quantitative estimate of drug-likeness (QED) is 0.835. The van der Waals surface area contributed by atoms with Gasteiger partial charge >= 0.3 is 6.18 Å². The Morgan fingerprint density at radius 1 is 1.45 bits per heavy atom. The number of halogens is 3. The van der Waals surface area contributed by atoms with E-state index in [2.05, 4.69) is 0 Å². The molecule has 0 heterocycles. The summed E-state index contributed by atoms with van der Waals surface area (Å²) in [5, 5.41) is 8.39. The summed E-state index contributed by atoms with van der Waals surface area (Å²) >= 11 is 0. The Hall–Kier alpha value is -2.23. The molecule has 108 valence electrons. The van der Waals surface area contributed by atoms with E-state index >= 15 is 0 Å². The van der Waals surface area contributed by atoms with Crippen molar-refractivity contribution in [3.63, 3.8) is 0 Å². The molecule has 20 heavy (non-hydrogen) atoms. The number of likely N-dealkylation sites (N-methyl/N-ethyl adjacent to an activating group) is 1. The van der Waals surface area contributed by atoms with Gasteiger partial charge in [-0.3, -0.25) is 4.79 Å². The number of carbonyl (C=O) groups excluding carboxylic acids is 1. The Kier molecular flexibility index (Phi) is 5.38. The van der Waals surface area contributed by atoms with Crippen molar-refractivity contribution < 1.29 is 22.7 Å². The Bertz CT molecular complexity index is 509. The lowest BCUT2D eigenvalue weighted by molar-refractivity contribution is -0.137. The highest BCUT2D eigenvalue weighted by atomic mass is 19.4. The fourth-order valence-corrected chi connectivity index (χ4v) is 1.36. The fourth-order valence-electron chi connectivity index (χ4n) is 1.36. The Morgan fingerprint density at radius 2 is 2.15 bits per heavy atom. The van der Waals surface area contributed by atoms with Gasteiger partial charge in [-0.15, -0.1) is 0 Å². The van der Waals surface area contributed by atoms with Crippen LogP contribution in [0.3, 0.4) is 0 Å². The average Bonchev–Trinajstić information content (AvgIpc) is 2.41. The first-order valence-corrected chi connectivity index (χ1v) is 5.75. The summed E-state index contributed by atoms with van der Waals surface area (Å²) in [5.41, 5.74) is -0.833. The molecule has 1 amide bonds. The van der Waals surface area contributed by atoms with Gasteiger partial charge in [-0.25, -0.2) is 0 Å². The number of rotatable bonds is 5. The molecule has 4 nitrogen and oxygen atoms in total. The molecule has 0 bridgehead atoms. The van der Waals surface area contributed by atoms with Crippen molar-refractivity contribution >= 4 is 5.91 Å². The zero-order chi connectivity index (χ0) is 15.2. The predicted octanol–water partition coefficient (Wildman–Crippen LogP) is 2.46. The van der Waals surface area contributed by atoms with Gasteiger partial charge in [-0.1, -0.05) is 6.07 Å². The van der Waals surface area contributed by atoms with Crippen LogP contribution in [-0.4, -0.2) is 31.0 Å². The smallest absolute Gasteiger partial charge is 0.416 e. The van der Waals surface area contributed by atoms with Crippen molar-refractivity contribution in [3.05, 3.63) is 29.8 Å². The predicted molar refractivity (Wildman–Crippen MR) is 64.8 cm³/mol. The highest BCUT2D eigenvalue weighted by Crippen LogP contribution is 2.31. The van der Waals surface area contributed by atoms with Gasteiger partial charge in [0.05, 0.1) is 18.1 Å². The van der Waals surface area contributed by atoms with Gasteiger partial charge < -0.3 is 9.64 Å². The number of carbonyl (C=O) groups is 1. The molecule has 0 unspecified atom stereocenters. The number of nitriles is 1. The first-order valence-electron chi connectivity index (χ1n) is 5.75. The molecule has 0 saturated carbocycles. The maximum atomic E-state index is 12.5. The van der Waals surface area contributed by atoms with E-state index in [1.807, 2.05) is 6.07 Å². The molecule has 1 rings (SSSR count). The fraction of sp³-hybridized carbons (Fsp3) is 0.385. The summed E-state index contributed by atoms with van der Waals surface area (Å²) in [6.07, 6.45) is -4.27. The van der Waals surface area contributed by atoms with E-state index in [1.54, 1.807) is 0 Å². The van der Waals surface area contributed by atoms with Crippen molar-refractivity contribution in [2.45, 2.75) is 12.6 Å². The Balaban J connectivity index is 2.58.